The summed E-state index contributed by atoms with van der Waals surface area (Å²) in [5.41, 5.74) is 11.2. The summed E-state index contributed by atoms with van der Waals surface area (Å²) in [4.78, 5) is 52.5. The molecule has 226 valence electrons. The van der Waals surface area contributed by atoms with Crippen LogP contribution in [-0.4, -0.2) is 60.8 Å². The number of aromatic nitrogens is 3. The van der Waals surface area contributed by atoms with Crippen molar-refractivity contribution >= 4 is 47.4 Å². The zero-order valence-corrected chi connectivity index (χ0v) is 24.9. The second kappa shape index (κ2) is 12.6. The number of carbonyl (C=O) groups is 2. The summed E-state index contributed by atoms with van der Waals surface area (Å²) < 4.78 is 24.0. The molecule has 12 nitrogen and oxygen atoms in total. The van der Waals surface area contributed by atoms with Gasteiger partial charge in [-0.15, -0.1) is 0 Å². The van der Waals surface area contributed by atoms with Crippen LogP contribution in [0.25, 0.3) is 21.9 Å². The molecule has 0 radical (unpaired) electrons. The number of hydrogen-bond donors (Lipinski definition) is 3. The van der Waals surface area contributed by atoms with Crippen molar-refractivity contribution in [2.24, 2.45) is 0 Å². The van der Waals surface area contributed by atoms with E-state index in [1.165, 1.54) is 12.2 Å². The Balaban J connectivity index is 1.39. The maximum atomic E-state index is 11.7. The van der Waals surface area contributed by atoms with Crippen LogP contribution in [0, 0.1) is 6.92 Å². The van der Waals surface area contributed by atoms with Crippen molar-refractivity contribution in [2.45, 2.75) is 46.1 Å². The molecule has 3 heterocycles. The van der Waals surface area contributed by atoms with Gasteiger partial charge in [-0.2, -0.15) is 0 Å². The molecule has 0 unspecified atom stereocenters. The number of nitrogens with zero attached hydrogens (tertiary/aromatic N) is 4. The summed E-state index contributed by atoms with van der Waals surface area (Å²) in [6.45, 7) is 5.20. The molecule has 0 spiro atoms. The monoisotopic (exact) mass is 607 g/mol. The maximum absolute atomic E-state index is 11.7. The van der Waals surface area contributed by atoms with E-state index in [4.69, 9.17) is 20.0 Å². The Kier molecular flexibility index (Phi) is 8.93. The highest BCUT2D eigenvalue weighted by atomic mass is 31.2. The molecule has 5 rings (SSSR count). The number of imide groups is 1. The van der Waals surface area contributed by atoms with Crippen molar-refractivity contribution in [3.05, 3.63) is 71.1 Å². The van der Waals surface area contributed by atoms with E-state index in [0.717, 1.165) is 57.5 Å². The van der Waals surface area contributed by atoms with E-state index < -0.39 is 7.82 Å². The molecule has 0 bridgehead atoms. The number of pyridine rings is 1. The molecule has 2 aromatic heterocycles. The third-order valence-corrected chi connectivity index (χ3v) is 7.73. The zero-order chi connectivity index (χ0) is 30.7. The van der Waals surface area contributed by atoms with Gasteiger partial charge in [0.25, 0.3) is 11.8 Å². The molecular formula is C30H34N5O7P. The number of benzene rings is 2. The Morgan fingerprint density at radius 3 is 2.42 bits per heavy atom. The highest BCUT2D eigenvalue weighted by molar-refractivity contribution is 7.46. The van der Waals surface area contributed by atoms with Gasteiger partial charge in [0.1, 0.15) is 17.1 Å². The van der Waals surface area contributed by atoms with E-state index in [-0.39, 0.29) is 30.7 Å². The summed E-state index contributed by atoms with van der Waals surface area (Å²) in [6, 6.07) is 11.2. The molecule has 1 aliphatic rings. The van der Waals surface area contributed by atoms with Gasteiger partial charge in [0.05, 0.1) is 30.8 Å². The van der Waals surface area contributed by atoms with Gasteiger partial charge in [0.15, 0.2) is 5.82 Å². The lowest BCUT2D eigenvalue weighted by atomic mass is 10.1. The molecule has 0 atom stereocenters. The first-order valence-corrected chi connectivity index (χ1v) is 15.6. The first kappa shape index (κ1) is 30.4. The zero-order valence-electron chi connectivity index (χ0n) is 24.0. The van der Waals surface area contributed by atoms with Crippen molar-refractivity contribution in [3.8, 4) is 5.75 Å². The molecule has 2 aromatic carbocycles. The van der Waals surface area contributed by atoms with E-state index >= 15 is 0 Å². The molecule has 4 N–H and O–H groups in total. The minimum absolute atomic E-state index is 0.129. The van der Waals surface area contributed by atoms with Crippen LogP contribution < -0.4 is 10.3 Å². The quantitative estimate of drug-likeness (QED) is 0.115. The SMILES string of the molecule is CCCCc1nc2c(N)nc3cc(CCOCCN4C(=O)C=CC4=O)ccc3c2n1Cc1ccc(OP(=O)(O)O)c(C)c1. The highest BCUT2D eigenvalue weighted by Gasteiger charge is 2.23. The Hall–Kier alpha value is -4.09. The minimum Gasteiger partial charge on any atom is -0.404 e. The van der Waals surface area contributed by atoms with E-state index in [9.17, 15) is 23.9 Å². The van der Waals surface area contributed by atoms with E-state index in [1.54, 1.807) is 19.1 Å². The first-order valence-electron chi connectivity index (χ1n) is 14.1. The molecule has 0 saturated heterocycles. The predicted octanol–water partition coefficient (Wildman–Crippen LogP) is 3.82. The van der Waals surface area contributed by atoms with Crippen molar-refractivity contribution in [1.82, 2.24) is 19.4 Å². The van der Waals surface area contributed by atoms with Crippen LogP contribution >= 0.6 is 7.82 Å². The van der Waals surface area contributed by atoms with Crippen LogP contribution in [0.15, 0.2) is 48.6 Å². The fraction of sp³-hybridized carbons (Fsp3) is 0.333. The van der Waals surface area contributed by atoms with Gasteiger partial charge in [0.2, 0.25) is 0 Å². The molecule has 1 aliphatic heterocycles. The molecule has 43 heavy (non-hydrogen) atoms. The number of amides is 2. The Labute approximate surface area is 248 Å². The number of nitrogens with two attached hydrogens (primary N) is 1. The van der Waals surface area contributed by atoms with Crippen molar-refractivity contribution in [2.75, 3.05) is 25.5 Å². The van der Waals surface area contributed by atoms with Crippen LogP contribution in [0.2, 0.25) is 0 Å². The summed E-state index contributed by atoms with van der Waals surface area (Å²) in [7, 11) is -4.67. The maximum Gasteiger partial charge on any atom is 0.524 e. The van der Waals surface area contributed by atoms with E-state index in [0.29, 0.717) is 36.5 Å². The fourth-order valence-electron chi connectivity index (χ4n) is 5.18. The molecular weight excluding hydrogens is 573 g/mol. The lowest BCUT2D eigenvalue weighted by Gasteiger charge is -2.14. The Morgan fingerprint density at radius 2 is 1.72 bits per heavy atom. The summed E-state index contributed by atoms with van der Waals surface area (Å²) in [6.07, 6.45) is 5.83. The summed E-state index contributed by atoms with van der Waals surface area (Å²) >= 11 is 0. The highest BCUT2D eigenvalue weighted by Crippen LogP contribution is 2.39. The van der Waals surface area contributed by atoms with E-state index in [2.05, 4.69) is 16.5 Å². The predicted molar refractivity (Wildman–Crippen MR) is 161 cm³/mol. The van der Waals surface area contributed by atoms with Gasteiger partial charge in [-0.25, -0.2) is 14.5 Å². The molecule has 0 fully saturated rings. The van der Waals surface area contributed by atoms with Gasteiger partial charge in [-0.1, -0.05) is 37.6 Å². The van der Waals surface area contributed by atoms with Gasteiger partial charge in [-0.05, 0) is 48.6 Å². The number of fused-ring (bicyclic) bond motifs is 3. The topological polar surface area (TPSA) is 170 Å². The standard InChI is InChI=1S/C30H34N5O7P/c1-3-4-5-25-33-28-29(35(25)18-21-7-9-24(19(2)16-21)42-43(38,39)40)22-8-6-20(17-23(22)32-30(28)31)12-14-41-15-13-34-26(36)10-11-27(34)37/h6-11,16-17H,3-5,12-15,18H2,1-2H3,(H2,31,32)(H2,38,39,40). The van der Waals surface area contributed by atoms with Gasteiger partial charge in [0, 0.05) is 30.5 Å². The number of nitrogen functional groups attached to an aromatic ring is 1. The second-order valence-electron chi connectivity index (χ2n) is 10.5. The molecule has 2 amide bonds. The lowest BCUT2D eigenvalue weighted by Crippen LogP contribution is -2.33. The number of rotatable bonds is 13. The van der Waals surface area contributed by atoms with Crippen LogP contribution in [-0.2, 0) is 38.3 Å². The third kappa shape index (κ3) is 6.94. The van der Waals surface area contributed by atoms with Gasteiger partial charge in [-0.3, -0.25) is 24.3 Å². The van der Waals surface area contributed by atoms with Crippen LogP contribution in [0.5, 0.6) is 5.75 Å². The molecule has 13 heteroatoms. The first-order chi connectivity index (χ1) is 20.5. The smallest absolute Gasteiger partial charge is 0.404 e. The molecule has 4 aromatic rings. The second-order valence-corrected chi connectivity index (χ2v) is 11.6. The summed E-state index contributed by atoms with van der Waals surface area (Å²) in [5, 5.41) is 0.904. The third-order valence-electron chi connectivity index (χ3n) is 7.29. The Morgan fingerprint density at radius 1 is 0.977 bits per heavy atom. The largest absolute Gasteiger partial charge is 0.524 e. The number of phosphoric ester groups is 1. The van der Waals surface area contributed by atoms with Gasteiger partial charge < -0.3 is 19.6 Å². The van der Waals surface area contributed by atoms with Crippen LogP contribution in [0.1, 0.15) is 42.3 Å². The number of imidazole rings is 1. The van der Waals surface area contributed by atoms with E-state index in [1.807, 2.05) is 24.3 Å². The average Bonchev–Trinajstić information content (AvgIpc) is 3.47. The molecule has 0 aliphatic carbocycles. The fourth-order valence-corrected chi connectivity index (χ4v) is 5.64. The number of aryl methyl sites for hydroxylation is 2. The van der Waals surface area contributed by atoms with Crippen LogP contribution in [0.4, 0.5) is 5.82 Å². The number of anilines is 1. The lowest BCUT2D eigenvalue weighted by molar-refractivity contribution is -0.137. The average molecular weight is 608 g/mol. The summed E-state index contributed by atoms with van der Waals surface area (Å²) in [5.74, 6) is 0.702. The van der Waals surface area contributed by atoms with Gasteiger partial charge >= 0.3 is 7.82 Å². The van der Waals surface area contributed by atoms with Crippen molar-refractivity contribution in [3.63, 3.8) is 0 Å². The number of ether oxygens (including phenoxy) is 1. The Bertz CT molecular complexity index is 1760. The van der Waals surface area contributed by atoms with Crippen molar-refractivity contribution in [1.29, 1.82) is 0 Å². The van der Waals surface area contributed by atoms with Crippen molar-refractivity contribution < 1.29 is 33.2 Å². The normalized spacial score (nSPS) is 13.6. The number of unbranched alkanes of at least 4 members (excludes halogenated alkanes) is 1. The number of carbonyl (C=O) groups excluding carboxylic acids is 2. The minimum atomic E-state index is -4.67. The van der Waals surface area contributed by atoms with Crippen LogP contribution in [0.3, 0.4) is 0 Å². The molecule has 0 saturated carbocycles. The number of hydrogen-bond acceptors (Lipinski definition) is 8. The number of phosphoric acid groups is 1.